The third-order valence-electron chi connectivity index (χ3n) is 8.55. The van der Waals surface area contributed by atoms with Crippen molar-refractivity contribution in [1.82, 2.24) is 0 Å². The largest absolute Gasteiger partial charge is 0.352 e. The molecule has 7 rings (SSSR count). The summed E-state index contributed by atoms with van der Waals surface area (Å²) in [6, 6.07) is 25.4. The normalized spacial score (nSPS) is 23.2. The molecule has 0 unspecified atom stereocenters. The number of amides is 1. The number of hydrogen-bond acceptors (Lipinski definition) is 6. The number of ketones is 2. The van der Waals surface area contributed by atoms with Crippen molar-refractivity contribution in [3.8, 4) is 0 Å². The molecule has 42 heavy (non-hydrogen) atoms. The number of hydrogen-bond donors (Lipinski definition) is 1. The van der Waals surface area contributed by atoms with Gasteiger partial charge >= 0.3 is 0 Å². The summed E-state index contributed by atoms with van der Waals surface area (Å²) in [7, 11) is 0. The molecule has 4 aromatic rings. The predicted octanol–water partition coefficient (Wildman–Crippen LogP) is 6.21. The number of nitro benzene ring substituents is 1. The molecule has 9 heteroatoms. The highest BCUT2D eigenvalue weighted by Gasteiger charge is 2.71. The Morgan fingerprint density at radius 3 is 2.40 bits per heavy atom. The Morgan fingerprint density at radius 1 is 0.881 bits per heavy atom. The van der Waals surface area contributed by atoms with Gasteiger partial charge in [-0.05, 0) is 35.4 Å². The second-order valence-electron chi connectivity index (χ2n) is 10.6. The Hall–Kier alpha value is -4.89. The zero-order valence-corrected chi connectivity index (χ0v) is 23.5. The number of carbonyl (C=O) groups is 3. The van der Waals surface area contributed by atoms with E-state index in [0.29, 0.717) is 16.8 Å². The van der Waals surface area contributed by atoms with E-state index < -0.39 is 40.0 Å². The van der Waals surface area contributed by atoms with Crippen LogP contribution < -0.4 is 10.2 Å². The summed E-state index contributed by atoms with van der Waals surface area (Å²) >= 11 is 3.43. The predicted molar refractivity (Wildman–Crippen MR) is 162 cm³/mol. The van der Waals surface area contributed by atoms with Crippen LogP contribution in [0.15, 0.2) is 108 Å². The first-order chi connectivity index (χ1) is 20.3. The summed E-state index contributed by atoms with van der Waals surface area (Å²) < 4.78 is 0.798. The van der Waals surface area contributed by atoms with Crippen molar-refractivity contribution in [3.63, 3.8) is 0 Å². The van der Waals surface area contributed by atoms with Crippen LogP contribution in [-0.4, -0.2) is 34.5 Å². The Balaban J connectivity index is 1.53. The zero-order valence-electron chi connectivity index (χ0n) is 21.9. The first kappa shape index (κ1) is 26.0. The summed E-state index contributed by atoms with van der Waals surface area (Å²) in [6.45, 7) is 0. The molecule has 4 atom stereocenters. The van der Waals surface area contributed by atoms with Crippen LogP contribution in [-0.2, 0) is 10.2 Å². The van der Waals surface area contributed by atoms with E-state index in [1.165, 1.54) is 24.3 Å². The first-order valence-electron chi connectivity index (χ1n) is 13.4. The monoisotopic (exact) mass is 619 g/mol. The van der Waals surface area contributed by atoms with Crippen LogP contribution >= 0.6 is 15.9 Å². The Morgan fingerprint density at radius 2 is 1.62 bits per heavy atom. The summed E-state index contributed by atoms with van der Waals surface area (Å²) in [5.41, 5.74) is 1.31. The minimum atomic E-state index is -1.63. The van der Waals surface area contributed by atoms with Gasteiger partial charge in [0.2, 0.25) is 5.91 Å². The maximum Gasteiger partial charge on any atom is 0.270 e. The van der Waals surface area contributed by atoms with Crippen LogP contribution in [0.1, 0.15) is 31.8 Å². The van der Waals surface area contributed by atoms with E-state index in [1.807, 2.05) is 41.3 Å². The van der Waals surface area contributed by atoms with Gasteiger partial charge in [-0.15, -0.1) is 0 Å². The van der Waals surface area contributed by atoms with E-state index in [9.17, 15) is 24.5 Å². The molecule has 206 valence electrons. The number of halogens is 1. The van der Waals surface area contributed by atoms with E-state index in [4.69, 9.17) is 0 Å². The molecule has 0 radical (unpaired) electrons. The van der Waals surface area contributed by atoms with Gasteiger partial charge in [-0.3, -0.25) is 24.5 Å². The fraction of sp³-hybridized carbons (Fsp3) is 0.121. The molecule has 3 heterocycles. The summed E-state index contributed by atoms with van der Waals surface area (Å²) in [4.78, 5) is 56.8. The number of fused-ring (bicyclic) bond motifs is 5. The SMILES string of the molecule is O=C(c1cccc([N+](=O)[O-])c1)[C@@H]1[C@@H]2C=Cc3ccccc3N2[C@H](C(=O)c2ccc(Br)cc2)[C@]12C(=O)Nc1ccccc12. The van der Waals surface area contributed by atoms with Crippen LogP contribution in [0, 0.1) is 16.0 Å². The van der Waals surface area contributed by atoms with Gasteiger partial charge in [-0.2, -0.15) is 0 Å². The molecule has 0 bridgehead atoms. The highest BCUT2D eigenvalue weighted by Crippen LogP contribution is 2.58. The van der Waals surface area contributed by atoms with Gasteiger partial charge in [0, 0.05) is 39.1 Å². The van der Waals surface area contributed by atoms with E-state index in [-0.39, 0.29) is 17.0 Å². The van der Waals surface area contributed by atoms with Gasteiger partial charge < -0.3 is 10.2 Å². The first-order valence-corrected chi connectivity index (χ1v) is 14.2. The molecule has 1 amide bonds. The van der Waals surface area contributed by atoms with Crippen molar-refractivity contribution in [1.29, 1.82) is 0 Å². The molecule has 3 aliphatic rings. The Kier molecular flexibility index (Phi) is 5.95. The zero-order chi connectivity index (χ0) is 29.2. The fourth-order valence-electron chi connectivity index (χ4n) is 6.86. The van der Waals surface area contributed by atoms with Crippen LogP contribution in [0.2, 0.25) is 0 Å². The number of benzene rings is 4. The molecule has 3 aliphatic heterocycles. The standard InChI is InChI=1S/C33H22BrN3O5/c34-22-15-12-20(13-16-22)30(39)31-33(24-9-2-3-10-25(24)35-32(33)40)28(29(38)21-7-5-8-23(18-21)37(41)42)27-17-14-19-6-1-4-11-26(19)36(27)31/h1-18,27-28,31H,(H,35,40)/t27-,28-,31+,33+/m0/s1. The van der Waals surface area contributed by atoms with Crippen molar-refractivity contribution in [2.24, 2.45) is 5.92 Å². The third-order valence-corrected chi connectivity index (χ3v) is 9.08. The summed E-state index contributed by atoms with van der Waals surface area (Å²) in [5.74, 6) is -2.28. The minimum Gasteiger partial charge on any atom is -0.352 e. The molecule has 1 N–H and O–H groups in total. The Labute approximate surface area is 248 Å². The average Bonchev–Trinajstić information content (AvgIpc) is 3.48. The topological polar surface area (TPSA) is 110 Å². The van der Waals surface area contributed by atoms with Gasteiger partial charge in [0.05, 0.1) is 16.9 Å². The molecule has 1 spiro atoms. The minimum absolute atomic E-state index is 0.106. The highest BCUT2D eigenvalue weighted by molar-refractivity contribution is 9.10. The van der Waals surface area contributed by atoms with E-state index in [2.05, 4.69) is 21.2 Å². The molecule has 1 fully saturated rings. The number of nitro groups is 1. The lowest BCUT2D eigenvalue weighted by molar-refractivity contribution is -0.384. The quantitative estimate of drug-likeness (QED) is 0.161. The van der Waals surface area contributed by atoms with Crippen LogP contribution in [0.3, 0.4) is 0 Å². The van der Waals surface area contributed by atoms with E-state index in [1.54, 1.807) is 48.5 Å². The smallest absolute Gasteiger partial charge is 0.270 e. The van der Waals surface area contributed by atoms with Gasteiger partial charge in [0.15, 0.2) is 11.6 Å². The second kappa shape index (κ2) is 9.60. The second-order valence-corrected chi connectivity index (χ2v) is 11.5. The molecule has 0 aliphatic carbocycles. The number of carbonyl (C=O) groups excluding carboxylic acids is 3. The lowest BCUT2D eigenvalue weighted by Gasteiger charge is -2.37. The molecule has 0 aromatic heterocycles. The number of rotatable bonds is 5. The van der Waals surface area contributed by atoms with Crippen molar-refractivity contribution in [3.05, 3.63) is 140 Å². The van der Waals surface area contributed by atoms with Crippen LogP contribution in [0.5, 0.6) is 0 Å². The molecule has 1 saturated heterocycles. The maximum absolute atomic E-state index is 14.7. The average molecular weight is 620 g/mol. The van der Waals surface area contributed by atoms with Gasteiger partial charge in [-0.1, -0.05) is 88.7 Å². The van der Waals surface area contributed by atoms with Gasteiger partial charge in [0.25, 0.3) is 5.69 Å². The fourth-order valence-corrected chi connectivity index (χ4v) is 7.13. The Bertz CT molecular complexity index is 1850. The summed E-state index contributed by atoms with van der Waals surface area (Å²) in [6.07, 6.45) is 3.77. The molecule has 8 nitrogen and oxygen atoms in total. The lowest BCUT2D eigenvalue weighted by atomic mass is 9.63. The number of Topliss-reactive ketones (excluding diaryl/α,β-unsaturated/α-hetero) is 2. The van der Waals surface area contributed by atoms with Crippen LogP contribution in [0.4, 0.5) is 17.1 Å². The maximum atomic E-state index is 14.7. The van der Waals surface area contributed by atoms with Crippen molar-refractivity contribution < 1.29 is 19.3 Å². The molecular formula is C33H22BrN3O5. The van der Waals surface area contributed by atoms with Crippen molar-refractivity contribution in [2.45, 2.75) is 17.5 Å². The number of para-hydroxylation sites is 2. The summed E-state index contributed by atoms with van der Waals surface area (Å²) in [5, 5.41) is 14.6. The van der Waals surface area contributed by atoms with E-state index >= 15 is 0 Å². The number of non-ortho nitro benzene ring substituents is 1. The highest BCUT2D eigenvalue weighted by atomic mass is 79.9. The number of anilines is 2. The van der Waals surface area contributed by atoms with Crippen molar-refractivity contribution >= 4 is 56.5 Å². The molecule has 0 saturated carbocycles. The van der Waals surface area contributed by atoms with Gasteiger partial charge in [0.1, 0.15) is 11.5 Å². The lowest BCUT2D eigenvalue weighted by Crippen LogP contribution is -2.55. The van der Waals surface area contributed by atoms with E-state index in [0.717, 1.165) is 15.7 Å². The van der Waals surface area contributed by atoms with Crippen LogP contribution in [0.25, 0.3) is 6.08 Å². The molecule has 4 aromatic carbocycles. The number of nitrogens with one attached hydrogen (secondary N) is 1. The van der Waals surface area contributed by atoms with Gasteiger partial charge in [-0.25, -0.2) is 0 Å². The molecular weight excluding hydrogens is 598 g/mol. The van der Waals surface area contributed by atoms with Crippen molar-refractivity contribution in [2.75, 3.05) is 10.2 Å². The number of nitrogens with zero attached hydrogens (tertiary/aromatic N) is 2. The third kappa shape index (κ3) is 3.63.